The number of benzene rings is 1. The Labute approximate surface area is 96.5 Å². The second kappa shape index (κ2) is 5.12. The van der Waals surface area contributed by atoms with E-state index in [4.69, 9.17) is 0 Å². The molecule has 1 N–H and O–H groups in total. The lowest BCUT2D eigenvalue weighted by molar-refractivity contribution is -0.125. The summed E-state index contributed by atoms with van der Waals surface area (Å²) in [6.07, 6.45) is 1.04. The molecule has 1 amide bonds. The number of piperazine rings is 1. The molecule has 0 radical (unpaired) electrons. The van der Waals surface area contributed by atoms with Gasteiger partial charge in [-0.1, -0.05) is 37.3 Å². The van der Waals surface area contributed by atoms with Crippen molar-refractivity contribution >= 4 is 5.91 Å². The molecule has 3 nitrogen and oxygen atoms in total. The maximum atomic E-state index is 11.4. The van der Waals surface area contributed by atoms with Gasteiger partial charge in [0.25, 0.3) is 0 Å². The monoisotopic (exact) mass is 218 g/mol. The number of nitrogens with one attached hydrogen (secondary N) is 1. The molecule has 0 aromatic heterocycles. The van der Waals surface area contributed by atoms with Crippen molar-refractivity contribution in [3.8, 4) is 0 Å². The highest BCUT2D eigenvalue weighted by atomic mass is 16.2. The van der Waals surface area contributed by atoms with Gasteiger partial charge in [-0.15, -0.1) is 0 Å². The van der Waals surface area contributed by atoms with E-state index in [1.807, 2.05) is 6.07 Å². The van der Waals surface area contributed by atoms with Gasteiger partial charge in [0.2, 0.25) is 5.91 Å². The molecule has 0 bridgehead atoms. The van der Waals surface area contributed by atoms with Crippen LogP contribution in [0.15, 0.2) is 30.3 Å². The van der Waals surface area contributed by atoms with E-state index in [1.165, 1.54) is 5.56 Å². The van der Waals surface area contributed by atoms with Gasteiger partial charge in [0, 0.05) is 19.1 Å². The lowest BCUT2D eigenvalue weighted by Crippen LogP contribution is -2.48. The van der Waals surface area contributed by atoms with Crippen molar-refractivity contribution in [2.75, 3.05) is 19.6 Å². The molecule has 0 aliphatic carbocycles. The zero-order valence-corrected chi connectivity index (χ0v) is 9.65. The summed E-state index contributed by atoms with van der Waals surface area (Å²) in [6.45, 7) is 4.40. The van der Waals surface area contributed by atoms with Gasteiger partial charge in [0.15, 0.2) is 0 Å². The van der Waals surface area contributed by atoms with Gasteiger partial charge in [-0.25, -0.2) is 0 Å². The fraction of sp³-hybridized carbons (Fsp3) is 0.462. The predicted molar refractivity (Wildman–Crippen MR) is 64.1 cm³/mol. The Morgan fingerprint density at radius 2 is 2.12 bits per heavy atom. The van der Waals surface area contributed by atoms with Gasteiger partial charge in [0.1, 0.15) is 0 Å². The average Bonchev–Trinajstić information content (AvgIpc) is 2.31. The van der Waals surface area contributed by atoms with Crippen molar-refractivity contribution in [3.63, 3.8) is 0 Å². The molecule has 1 saturated heterocycles. The van der Waals surface area contributed by atoms with Crippen LogP contribution < -0.4 is 5.32 Å². The van der Waals surface area contributed by atoms with Crippen molar-refractivity contribution in [2.45, 2.75) is 19.4 Å². The summed E-state index contributed by atoms with van der Waals surface area (Å²) in [4.78, 5) is 13.6. The van der Waals surface area contributed by atoms with E-state index in [2.05, 4.69) is 41.4 Å². The van der Waals surface area contributed by atoms with Crippen LogP contribution in [0.3, 0.4) is 0 Å². The number of nitrogens with zero attached hydrogens (tertiary/aromatic N) is 1. The van der Waals surface area contributed by atoms with Crippen LogP contribution in [0.2, 0.25) is 0 Å². The summed E-state index contributed by atoms with van der Waals surface area (Å²) >= 11 is 0. The minimum atomic E-state index is 0.139. The standard InChI is InChI=1S/C13H18N2O/c1-2-12(11-6-4-3-5-7-11)15-9-8-14-13(16)10-15/h3-7,12H,2,8-10H2,1H3,(H,14,16). The summed E-state index contributed by atoms with van der Waals surface area (Å²) in [5, 5.41) is 2.86. The molecule has 16 heavy (non-hydrogen) atoms. The van der Waals surface area contributed by atoms with E-state index in [0.29, 0.717) is 12.6 Å². The SMILES string of the molecule is CCC(c1ccccc1)N1CCNC(=O)C1. The maximum absolute atomic E-state index is 11.4. The first kappa shape index (κ1) is 11.1. The highest BCUT2D eigenvalue weighted by Gasteiger charge is 2.23. The van der Waals surface area contributed by atoms with E-state index in [0.717, 1.165) is 19.5 Å². The van der Waals surface area contributed by atoms with E-state index < -0.39 is 0 Å². The highest BCUT2D eigenvalue weighted by molar-refractivity contribution is 5.78. The van der Waals surface area contributed by atoms with Crippen LogP contribution in [0.4, 0.5) is 0 Å². The zero-order chi connectivity index (χ0) is 11.4. The average molecular weight is 218 g/mol. The van der Waals surface area contributed by atoms with Crippen molar-refractivity contribution in [2.24, 2.45) is 0 Å². The molecule has 1 unspecified atom stereocenters. The molecule has 3 heteroatoms. The molecule has 86 valence electrons. The Balaban J connectivity index is 2.13. The fourth-order valence-corrected chi connectivity index (χ4v) is 2.30. The molecule has 1 fully saturated rings. The third-order valence-corrected chi connectivity index (χ3v) is 3.08. The van der Waals surface area contributed by atoms with Gasteiger partial charge < -0.3 is 5.32 Å². The molecule has 1 aromatic rings. The summed E-state index contributed by atoms with van der Waals surface area (Å²) in [5.74, 6) is 0.139. The first-order valence-electron chi connectivity index (χ1n) is 5.87. The van der Waals surface area contributed by atoms with Crippen LogP contribution in [0.1, 0.15) is 24.9 Å². The number of carbonyl (C=O) groups is 1. The Bertz CT molecular complexity index is 350. The predicted octanol–water partition coefficient (Wildman–Crippen LogP) is 1.57. The van der Waals surface area contributed by atoms with Crippen LogP contribution in [0.25, 0.3) is 0 Å². The third kappa shape index (κ3) is 2.42. The van der Waals surface area contributed by atoms with Crippen molar-refractivity contribution in [3.05, 3.63) is 35.9 Å². The summed E-state index contributed by atoms with van der Waals surface area (Å²) in [5.41, 5.74) is 1.31. The summed E-state index contributed by atoms with van der Waals surface area (Å²) < 4.78 is 0. The Morgan fingerprint density at radius 1 is 1.38 bits per heavy atom. The molecule has 1 heterocycles. The molecule has 2 rings (SSSR count). The van der Waals surface area contributed by atoms with Crippen molar-refractivity contribution in [1.29, 1.82) is 0 Å². The van der Waals surface area contributed by atoms with Gasteiger partial charge in [0.05, 0.1) is 6.54 Å². The first-order chi connectivity index (χ1) is 7.81. The van der Waals surface area contributed by atoms with E-state index in [1.54, 1.807) is 0 Å². The Kier molecular flexibility index (Phi) is 3.57. The lowest BCUT2D eigenvalue weighted by atomic mass is 10.0. The van der Waals surface area contributed by atoms with Crippen LogP contribution >= 0.6 is 0 Å². The third-order valence-electron chi connectivity index (χ3n) is 3.08. The van der Waals surface area contributed by atoms with Gasteiger partial charge in [-0.05, 0) is 12.0 Å². The van der Waals surface area contributed by atoms with E-state index in [-0.39, 0.29) is 5.91 Å². The number of rotatable bonds is 3. The second-order valence-corrected chi connectivity index (χ2v) is 4.16. The minimum Gasteiger partial charge on any atom is -0.354 e. The Morgan fingerprint density at radius 3 is 2.75 bits per heavy atom. The number of hydrogen-bond acceptors (Lipinski definition) is 2. The zero-order valence-electron chi connectivity index (χ0n) is 9.65. The molecular weight excluding hydrogens is 200 g/mol. The normalized spacial score (nSPS) is 19.2. The molecule has 1 aliphatic rings. The van der Waals surface area contributed by atoms with Gasteiger partial charge >= 0.3 is 0 Å². The Hall–Kier alpha value is -1.35. The van der Waals surface area contributed by atoms with Crippen molar-refractivity contribution in [1.82, 2.24) is 10.2 Å². The molecule has 1 atom stereocenters. The summed E-state index contributed by atoms with van der Waals surface area (Å²) in [7, 11) is 0. The largest absolute Gasteiger partial charge is 0.354 e. The van der Waals surface area contributed by atoms with Gasteiger partial charge in [-0.3, -0.25) is 9.69 Å². The molecular formula is C13H18N2O. The molecule has 0 spiro atoms. The number of amides is 1. The number of carbonyl (C=O) groups excluding carboxylic acids is 1. The van der Waals surface area contributed by atoms with Crippen LogP contribution in [-0.4, -0.2) is 30.4 Å². The van der Waals surface area contributed by atoms with E-state index in [9.17, 15) is 4.79 Å². The number of hydrogen-bond donors (Lipinski definition) is 1. The first-order valence-corrected chi connectivity index (χ1v) is 5.87. The van der Waals surface area contributed by atoms with E-state index >= 15 is 0 Å². The topological polar surface area (TPSA) is 32.3 Å². The molecule has 1 aliphatic heterocycles. The minimum absolute atomic E-state index is 0.139. The second-order valence-electron chi connectivity index (χ2n) is 4.16. The van der Waals surface area contributed by atoms with Crippen LogP contribution in [-0.2, 0) is 4.79 Å². The smallest absolute Gasteiger partial charge is 0.234 e. The maximum Gasteiger partial charge on any atom is 0.234 e. The lowest BCUT2D eigenvalue weighted by Gasteiger charge is -2.33. The summed E-state index contributed by atoms with van der Waals surface area (Å²) in [6, 6.07) is 10.8. The van der Waals surface area contributed by atoms with Gasteiger partial charge in [-0.2, -0.15) is 0 Å². The molecule has 0 saturated carbocycles. The quantitative estimate of drug-likeness (QED) is 0.835. The fourth-order valence-electron chi connectivity index (χ4n) is 2.30. The van der Waals surface area contributed by atoms with Crippen molar-refractivity contribution < 1.29 is 4.79 Å². The van der Waals surface area contributed by atoms with Crippen LogP contribution in [0.5, 0.6) is 0 Å². The highest BCUT2D eigenvalue weighted by Crippen LogP contribution is 2.23. The molecule has 1 aromatic carbocycles. The van der Waals surface area contributed by atoms with Crippen LogP contribution in [0, 0.1) is 0 Å².